The Bertz CT molecular complexity index is 640. The topological polar surface area (TPSA) is 108 Å². The van der Waals surface area contributed by atoms with Crippen molar-refractivity contribution in [3.05, 3.63) is 28.8 Å². The first-order chi connectivity index (χ1) is 8.91. The average molecular weight is 283 g/mol. The van der Waals surface area contributed by atoms with Crippen molar-refractivity contribution in [1.29, 1.82) is 0 Å². The van der Waals surface area contributed by atoms with Crippen LogP contribution in [-0.2, 0) is 14.1 Å². The molecule has 100 valence electrons. The first-order valence-corrected chi connectivity index (χ1v) is 5.60. The molecule has 2 amide bonds. The number of amides is 2. The molecule has 2 heterocycles. The van der Waals surface area contributed by atoms with E-state index in [2.05, 4.69) is 15.5 Å². The zero-order valence-electron chi connectivity index (χ0n) is 10.2. The molecular weight excluding hydrogens is 272 g/mol. The number of hydrogen-bond donors (Lipinski definition) is 2. The molecule has 2 aromatic rings. The first-order valence-electron chi connectivity index (χ1n) is 5.22. The quantitative estimate of drug-likeness (QED) is 0.836. The minimum atomic E-state index is -0.689. The average Bonchev–Trinajstić information content (AvgIpc) is 2.83. The molecular formula is C10H11ClN6O2. The molecule has 0 aromatic carbocycles. The predicted octanol–water partition coefficient (Wildman–Crippen LogP) is 0.158. The Morgan fingerprint density at radius 3 is 2.32 bits per heavy atom. The number of aromatic nitrogens is 4. The maximum absolute atomic E-state index is 12.1. The number of aryl methyl sites for hydroxylation is 2. The number of rotatable bonds is 3. The second-order valence-corrected chi connectivity index (χ2v) is 4.22. The van der Waals surface area contributed by atoms with Crippen LogP contribution in [0.25, 0.3) is 0 Å². The number of nitrogens with zero attached hydrogens (tertiary/aromatic N) is 4. The van der Waals surface area contributed by atoms with Crippen LogP contribution in [0, 0.1) is 0 Å². The Morgan fingerprint density at radius 2 is 1.79 bits per heavy atom. The highest BCUT2D eigenvalue weighted by atomic mass is 35.5. The maximum atomic E-state index is 12.1. The third-order valence-electron chi connectivity index (χ3n) is 2.53. The van der Waals surface area contributed by atoms with Gasteiger partial charge in [0.2, 0.25) is 0 Å². The number of nitrogens with two attached hydrogens (primary N) is 1. The Hall–Kier alpha value is -2.35. The number of hydrogen-bond acceptors (Lipinski definition) is 4. The van der Waals surface area contributed by atoms with Crippen LogP contribution in [0.3, 0.4) is 0 Å². The Balaban J connectivity index is 2.32. The van der Waals surface area contributed by atoms with Crippen LogP contribution in [-0.4, -0.2) is 31.4 Å². The monoisotopic (exact) mass is 282 g/mol. The molecule has 0 aliphatic heterocycles. The van der Waals surface area contributed by atoms with Gasteiger partial charge in [-0.3, -0.25) is 19.0 Å². The number of nitrogens with one attached hydrogen (secondary N) is 1. The molecule has 19 heavy (non-hydrogen) atoms. The lowest BCUT2D eigenvalue weighted by Crippen LogP contribution is -2.21. The lowest BCUT2D eigenvalue weighted by molar-refractivity contribution is 0.0992. The molecule has 0 unspecified atom stereocenters. The number of carbonyl (C=O) groups excluding carboxylic acids is 2. The molecule has 2 aromatic heterocycles. The van der Waals surface area contributed by atoms with E-state index in [0.29, 0.717) is 0 Å². The van der Waals surface area contributed by atoms with Crippen molar-refractivity contribution in [1.82, 2.24) is 19.6 Å². The van der Waals surface area contributed by atoms with E-state index in [1.807, 2.05) is 0 Å². The first kappa shape index (κ1) is 13.1. The third-order valence-corrected chi connectivity index (χ3v) is 2.81. The van der Waals surface area contributed by atoms with Gasteiger partial charge in [0.05, 0.1) is 23.1 Å². The van der Waals surface area contributed by atoms with Crippen LogP contribution >= 0.6 is 11.6 Å². The van der Waals surface area contributed by atoms with E-state index in [9.17, 15) is 9.59 Å². The molecule has 8 nitrogen and oxygen atoms in total. The Kier molecular flexibility index (Phi) is 3.26. The third kappa shape index (κ3) is 2.29. The van der Waals surface area contributed by atoms with Gasteiger partial charge >= 0.3 is 0 Å². The van der Waals surface area contributed by atoms with Crippen LogP contribution in [0.15, 0.2) is 12.4 Å². The van der Waals surface area contributed by atoms with Gasteiger partial charge in [0.1, 0.15) is 11.4 Å². The standard InChI is InChI=1S/C10H11ClN6O2/c1-16-7(5(11)3-13-16)10(19)15-6-4-14-17(2)8(6)9(12)18/h3-4H,1-2H3,(H2,12,18)(H,15,19). The van der Waals surface area contributed by atoms with Crippen LogP contribution in [0.2, 0.25) is 5.02 Å². The van der Waals surface area contributed by atoms with E-state index >= 15 is 0 Å². The number of primary amides is 1. The van der Waals surface area contributed by atoms with Gasteiger partial charge in [-0.1, -0.05) is 11.6 Å². The van der Waals surface area contributed by atoms with Gasteiger partial charge in [-0.2, -0.15) is 10.2 Å². The summed E-state index contributed by atoms with van der Waals surface area (Å²) in [7, 11) is 3.13. The Labute approximate surface area is 113 Å². The zero-order chi connectivity index (χ0) is 14.2. The predicted molar refractivity (Wildman–Crippen MR) is 67.9 cm³/mol. The van der Waals surface area contributed by atoms with Crippen LogP contribution in [0.4, 0.5) is 5.69 Å². The second kappa shape index (κ2) is 4.73. The van der Waals surface area contributed by atoms with Crippen molar-refractivity contribution in [2.75, 3.05) is 5.32 Å². The van der Waals surface area contributed by atoms with Gasteiger partial charge in [-0.25, -0.2) is 0 Å². The molecule has 0 fully saturated rings. The van der Waals surface area contributed by atoms with Crippen molar-refractivity contribution in [3.63, 3.8) is 0 Å². The van der Waals surface area contributed by atoms with Crippen molar-refractivity contribution < 1.29 is 9.59 Å². The summed E-state index contributed by atoms with van der Waals surface area (Å²) in [4.78, 5) is 23.3. The van der Waals surface area contributed by atoms with Gasteiger partial charge in [0.25, 0.3) is 11.8 Å². The summed E-state index contributed by atoms with van der Waals surface area (Å²) < 4.78 is 2.61. The summed E-state index contributed by atoms with van der Waals surface area (Å²) >= 11 is 5.86. The minimum Gasteiger partial charge on any atom is -0.364 e. The summed E-state index contributed by atoms with van der Waals surface area (Å²) in [5, 5.41) is 10.5. The summed E-state index contributed by atoms with van der Waals surface area (Å²) in [5.41, 5.74) is 5.72. The van der Waals surface area contributed by atoms with E-state index in [-0.39, 0.29) is 22.1 Å². The molecule has 0 saturated carbocycles. The van der Waals surface area contributed by atoms with Gasteiger partial charge in [-0.05, 0) is 0 Å². The highest BCUT2D eigenvalue weighted by molar-refractivity contribution is 6.34. The van der Waals surface area contributed by atoms with Gasteiger partial charge in [0.15, 0.2) is 0 Å². The molecule has 9 heteroatoms. The number of carbonyl (C=O) groups is 2. The fourth-order valence-corrected chi connectivity index (χ4v) is 1.92. The molecule has 0 atom stereocenters. The maximum Gasteiger partial charge on any atom is 0.275 e. The molecule has 2 rings (SSSR count). The van der Waals surface area contributed by atoms with Crippen molar-refractivity contribution in [3.8, 4) is 0 Å². The van der Waals surface area contributed by atoms with E-state index in [1.54, 1.807) is 14.1 Å². The fraction of sp³-hybridized carbons (Fsp3) is 0.200. The Morgan fingerprint density at radius 1 is 1.21 bits per heavy atom. The van der Waals surface area contributed by atoms with E-state index in [0.717, 1.165) is 0 Å². The van der Waals surface area contributed by atoms with E-state index in [1.165, 1.54) is 21.8 Å². The zero-order valence-corrected chi connectivity index (χ0v) is 11.0. The molecule has 0 aliphatic rings. The summed E-state index contributed by atoms with van der Waals surface area (Å²) in [6.45, 7) is 0. The van der Waals surface area contributed by atoms with Gasteiger partial charge in [-0.15, -0.1) is 0 Å². The lowest BCUT2D eigenvalue weighted by Gasteiger charge is -2.05. The molecule has 3 N–H and O–H groups in total. The van der Waals surface area contributed by atoms with Crippen molar-refractivity contribution >= 4 is 29.1 Å². The second-order valence-electron chi connectivity index (χ2n) is 3.81. The van der Waals surface area contributed by atoms with E-state index < -0.39 is 11.8 Å². The molecule has 0 radical (unpaired) electrons. The van der Waals surface area contributed by atoms with Crippen molar-refractivity contribution in [2.24, 2.45) is 19.8 Å². The van der Waals surface area contributed by atoms with Crippen LogP contribution in [0.1, 0.15) is 21.0 Å². The largest absolute Gasteiger partial charge is 0.364 e. The van der Waals surface area contributed by atoms with Crippen LogP contribution < -0.4 is 11.1 Å². The number of halogens is 1. The van der Waals surface area contributed by atoms with Gasteiger partial charge < -0.3 is 11.1 Å². The molecule has 0 saturated heterocycles. The lowest BCUT2D eigenvalue weighted by atomic mass is 10.3. The summed E-state index contributed by atoms with van der Waals surface area (Å²) in [5.74, 6) is -1.19. The molecule has 0 spiro atoms. The fourth-order valence-electron chi connectivity index (χ4n) is 1.67. The van der Waals surface area contributed by atoms with Gasteiger partial charge in [0, 0.05) is 14.1 Å². The number of anilines is 1. The smallest absolute Gasteiger partial charge is 0.275 e. The van der Waals surface area contributed by atoms with Crippen LogP contribution in [0.5, 0.6) is 0 Å². The van der Waals surface area contributed by atoms with E-state index in [4.69, 9.17) is 17.3 Å². The highest BCUT2D eigenvalue weighted by Crippen LogP contribution is 2.18. The minimum absolute atomic E-state index is 0.103. The summed E-state index contributed by atoms with van der Waals surface area (Å²) in [6.07, 6.45) is 2.69. The SMILES string of the molecule is Cn1ncc(Cl)c1C(=O)Nc1cnn(C)c1C(N)=O. The molecule has 0 bridgehead atoms. The molecule has 0 aliphatic carbocycles. The normalized spacial score (nSPS) is 10.5. The van der Waals surface area contributed by atoms with Crippen molar-refractivity contribution in [2.45, 2.75) is 0 Å². The highest BCUT2D eigenvalue weighted by Gasteiger charge is 2.20. The summed E-state index contributed by atoms with van der Waals surface area (Å²) in [6, 6.07) is 0.